The third-order valence-electron chi connectivity index (χ3n) is 3.54. The molecule has 0 aliphatic carbocycles. The van der Waals surface area contributed by atoms with E-state index in [0.717, 1.165) is 24.4 Å². The fourth-order valence-corrected chi connectivity index (χ4v) is 2.02. The Kier molecular flexibility index (Phi) is 6.13. The lowest BCUT2D eigenvalue weighted by atomic mass is 9.88. The molecule has 0 aliphatic heterocycles. The molecule has 1 rings (SSSR count). The summed E-state index contributed by atoms with van der Waals surface area (Å²) in [4.78, 5) is 0. The van der Waals surface area contributed by atoms with Crippen LogP contribution in [0.4, 0.5) is 0 Å². The van der Waals surface area contributed by atoms with Crippen molar-refractivity contribution in [2.24, 2.45) is 5.41 Å². The molecule has 0 amide bonds. The van der Waals surface area contributed by atoms with Gasteiger partial charge in [0.25, 0.3) is 0 Å². The van der Waals surface area contributed by atoms with Crippen LogP contribution in [-0.2, 0) is 6.42 Å². The molecule has 0 bridgehead atoms. The van der Waals surface area contributed by atoms with E-state index in [4.69, 9.17) is 11.6 Å². The standard InChI is InChI=1S/C15H24ClNO/c1-4-15(3,11-18)10-17-12(2)8-13-6-5-7-14(16)9-13/h5-7,9,12,17-18H,4,8,10-11H2,1-3H3. The molecule has 0 radical (unpaired) electrons. The molecule has 2 atom stereocenters. The summed E-state index contributed by atoms with van der Waals surface area (Å²) in [7, 11) is 0. The lowest BCUT2D eigenvalue weighted by Crippen LogP contribution is -2.39. The first-order valence-electron chi connectivity index (χ1n) is 6.58. The van der Waals surface area contributed by atoms with Crippen LogP contribution in [0.5, 0.6) is 0 Å². The van der Waals surface area contributed by atoms with Gasteiger partial charge in [0.05, 0.1) is 0 Å². The van der Waals surface area contributed by atoms with Crippen LogP contribution in [-0.4, -0.2) is 24.3 Å². The summed E-state index contributed by atoms with van der Waals surface area (Å²) >= 11 is 5.97. The van der Waals surface area contributed by atoms with Gasteiger partial charge in [-0.1, -0.05) is 37.6 Å². The van der Waals surface area contributed by atoms with Crippen molar-refractivity contribution in [3.8, 4) is 0 Å². The van der Waals surface area contributed by atoms with Crippen LogP contribution in [0.25, 0.3) is 0 Å². The van der Waals surface area contributed by atoms with Crippen molar-refractivity contribution in [3.63, 3.8) is 0 Å². The average molecular weight is 270 g/mol. The van der Waals surface area contributed by atoms with Crippen molar-refractivity contribution in [3.05, 3.63) is 34.9 Å². The van der Waals surface area contributed by atoms with Gasteiger partial charge in [0.1, 0.15) is 0 Å². The second-order valence-corrected chi connectivity index (χ2v) is 5.87. The second-order valence-electron chi connectivity index (χ2n) is 5.44. The first-order valence-corrected chi connectivity index (χ1v) is 6.95. The minimum atomic E-state index is -0.0252. The number of aliphatic hydroxyl groups excluding tert-OH is 1. The van der Waals surface area contributed by atoms with E-state index < -0.39 is 0 Å². The first-order chi connectivity index (χ1) is 8.49. The summed E-state index contributed by atoms with van der Waals surface area (Å²) in [5.74, 6) is 0. The fraction of sp³-hybridized carbons (Fsp3) is 0.600. The van der Waals surface area contributed by atoms with Gasteiger partial charge in [-0.2, -0.15) is 0 Å². The number of rotatable bonds is 7. The molecule has 3 heteroatoms. The van der Waals surface area contributed by atoms with Crippen LogP contribution in [0.2, 0.25) is 5.02 Å². The van der Waals surface area contributed by atoms with Crippen molar-refractivity contribution < 1.29 is 5.11 Å². The topological polar surface area (TPSA) is 32.3 Å². The second kappa shape index (κ2) is 7.13. The lowest BCUT2D eigenvalue weighted by molar-refractivity contribution is 0.132. The van der Waals surface area contributed by atoms with Crippen LogP contribution in [0.3, 0.4) is 0 Å². The van der Waals surface area contributed by atoms with Gasteiger partial charge in [0, 0.05) is 29.6 Å². The Morgan fingerprint density at radius 1 is 1.44 bits per heavy atom. The number of benzene rings is 1. The van der Waals surface area contributed by atoms with E-state index in [1.165, 1.54) is 5.56 Å². The molecule has 18 heavy (non-hydrogen) atoms. The van der Waals surface area contributed by atoms with E-state index in [1.54, 1.807) is 0 Å². The summed E-state index contributed by atoms with van der Waals surface area (Å²) < 4.78 is 0. The average Bonchev–Trinajstić information content (AvgIpc) is 2.36. The maximum Gasteiger partial charge on any atom is 0.0496 e. The van der Waals surface area contributed by atoms with Crippen molar-refractivity contribution in [2.75, 3.05) is 13.2 Å². The van der Waals surface area contributed by atoms with E-state index >= 15 is 0 Å². The molecule has 2 unspecified atom stereocenters. The fourth-order valence-electron chi connectivity index (χ4n) is 1.80. The molecule has 0 aromatic heterocycles. The molecular weight excluding hydrogens is 246 g/mol. The molecule has 0 saturated heterocycles. The molecule has 2 nitrogen and oxygen atoms in total. The molecule has 0 heterocycles. The smallest absolute Gasteiger partial charge is 0.0496 e. The van der Waals surface area contributed by atoms with Gasteiger partial charge in [-0.05, 0) is 37.5 Å². The maximum atomic E-state index is 9.37. The number of aliphatic hydroxyl groups is 1. The van der Waals surface area contributed by atoms with Gasteiger partial charge in [-0.25, -0.2) is 0 Å². The van der Waals surface area contributed by atoms with E-state index in [0.29, 0.717) is 6.04 Å². The monoisotopic (exact) mass is 269 g/mol. The Balaban J connectivity index is 2.45. The molecule has 0 spiro atoms. The highest BCUT2D eigenvalue weighted by Crippen LogP contribution is 2.19. The van der Waals surface area contributed by atoms with Crippen molar-refractivity contribution in [2.45, 2.75) is 39.7 Å². The van der Waals surface area contributed by atoms with E-state index in [-0.39, 0.29) is 12.0 Å². The minimum absolute atomic E-state index is 0.0252. The summed E-state index contributed by atoms with van der Waals surface area (Å²) in [6.07, 6.45) is 1.92. The lowest BCUT2D eigenvalue weighted by Gasteiger charge is -2.28. The van der Waals surface area contributed by atoms with E-state index in [2.05, 4.69) is 32.2 Å². The molecule has 2 N–H and O–H groups in total. The summed E-state index contributed by atoms with van der Waals surface area (Å²) in [6, 6.07) is 8.35. The molecule has 1 aromatic rings. The zero-order valence-corrected chi connectivity index (χ0v) is 12.3. The summed E-state index contributed by atoms with van der Waals surface area (Å²) in [5, 5.41) is 13.6. The molecular formula is C15H24ClNO. The Labute approximate surface area is 115 Å². The van der Waals surface area contributed by atoms with Gasteiger partial charge < -0.3 is 10.4 Å². The summed E-state index contributed by atoms with van der Waals surface area (Å²) in [5.41, 5.74) is 1.22. The highest BCUT2D eigenvalue weighted by molar-refractivity contribution is 6.30. The molecule has 0 aliphatic rings. The van der Waals surface area contributed by atoms with Crippen molar-refractivity contribution in [1.29, 1.82) is 0 Å². The van der Waals surface area contributed by atoms with Gasteiger partial charge in [0.2, 0.25) is 0 Å². The Hall–Kier alpha value is -0.570. The van der Waals surface area contributed by atoms with Crippen molar-refractivity contribution >= 4 is 11.6 Å². The third kappa shape index (κ3) is 4.97. The van der Waals surface area contributed by atoms with Crippen molar-refractivity contribution in [1.82, 2.24) is 5.32 Å². The van der Waals surface area contributed by atoms with Gasteiger partial charge in [-0.3, -0.25) is 0 Å². The van der Waals surface area contributed by atoms with Crippen LogP contribution in [0.1, 0.15) is 32.8 Å². The molecule has 1 aromatic carbocycles. The third-order valence-corrected chi connectivity index (χ3v) is 3.78. The van der Waals surface area contributed by atoms with Crippen LogP contribution in [0, 0.1) is 5.41 Å². The molecule has 102 valence electrons. The highest BCUT2D eigenvalue weighted by atomic mass is 35.5. The van der Waals surface area contributed by atoms with Gasteiger partial charge >= 0.3 is 0 Å². The first kappa shape index (κ1) is 15.5. The highest BCUT2D eigenvalue weighted by Gasteiger charge is 2.21. The predicted octanol–water partition coefficient (Wildman–Crippen LogP) is 3.27. The van der Waals surface area contributed by atoms with Crippen LogP contribution < -0.4 is 5.32 Å². The molecule has 0 saturated carbocycles. The van der Waals surface area contributed by atoms with Crippen LogP contribution in [0.15, 0.2) is 24.3 Å². The Bertz CT molecular complexity index is 363. The normalized spacial score (nSPS) is 16.3. The van der Waals surface area contributed by atoms with Crippen LogP contribution >= 0.6 is 11.6 Å². The predicted molar refractivity (Wildman–Crippen MR) is 78.1 cm³/mol. The number of hydrogen-bond acceptors (Lipinski definition) is 2. The molecule has 0 fully saturated rings. The number of nitrogens with one attached hydrogen (secondary N) is 1. The largest absolute Gasteiger partial charge is 0.396 e. The van der Waals surface area contributed by atoms with Gasteiger partial charge in [0.15, 0.2) is 0 Å². The Morgan fingerprint density at radius 3 is 2.72 bits per heavy atom. The quantitative estimate of drug-likeness (QED) is 0.796. The van der Waals surface area contributed by atoms with E-state index in [1.807, 2.05) is 18.2 Å². The minimum Gasteiger partial charge on any atom is -0.396 e. The zero-order valence-electron chi connectivity index (χ0n) is 11.5. The number of halogens is 1. The number of hydrogen-bond donors (Lipinski definition) is 2. The van der Waals surface area contributed by atoms with E-state index in [9.17, 15) is 5.11 Å². The Morgan fingerprint density at radius 2 is 2.17 bits per heavy atom. The summed E-state index contributed by atoms with van der Waals surface area (Å²) in [6.45, 7) is 7.43. The maximum absolute atomic E-state index is 9.37. The van der Waals surface area contributed by atoms with Gasteiger partial charge in [-0.15, -0.1) is 0 Å². The SMILES string of the molecule is CCC(C)(CO)CNC(C)Cc1cccc(Cl)c1. The zero-order chi connectivity index (χ0) is 13.6.